The fourth-order valence-electron chi connectivity index (χ4n) is 2.53. The summed E-state index contributed by atoms with van der Waals surface area (Å²) in [6.45, 7) is -0.122. The molecule has 0 bridgehead atoms. The fourth-order valence-corrected chi connectivity index (χ4v) is 5.20. The summed E-state index contributed by atoms with van der Waals surface area (Å²) >= 11 is 4.71. The number of nitrogens with one attached hydrogen (secondary N) is 1. The number of anilines is 1. The van der Waals surface area contributed by atoms with Crippen LogP contribution in [0.1, 0.15) is 0 Å². The van der Waals surface area contributed by atoms with Crippen molar-refractivity contribution < 1.29 is 14.3 Å². The molecule has 2 aromatic carbocycles. The molecule has 4 aromatic rings. The third-order valence-electron chi connectivity index (χ3n) is 3.74. The van der Waals surface area contributed by atoms with Gasteiger partial charge in [-0.05, 0) is 30.5 Å². The van der Waals surface area contributed by atoms with Gasteiger partial charge < -0.3 is 9.47 Å². The molecule has 0 aliphatic carbocycles. The van der Waals surface area contributed by atoms with Gasteiger partial charge in [0.05, 0.1) is 27.5 Å². The molecule has 2 heterocycles. The lowest BCUT2D eigenvalue weighted by atomic mass is 10.3. The zero-order valence-corrected chi connectivity index (χ0v) is 17.0. The number of rotatable bonds is 6. The van der Waals surface area contributed by atoms with Crippen LogP contribution in [-0.2, 0) is 4.79 Å². The van der Waals surface area contributed by atoms with Gasteiger partial charge in [-0.3, -0.25) is 10.1 Å². The van der Waals surface area contributed by atoms with Crippen LogP contribution in [0, 0.1) is 0 Å². The predicted molar refractivity (Wildman–Crippen MR) is 112 cm³/mol. The first kappa shape index (κ1) is 18.0. The number of para-hydroxylation sites is 2. The molecule has 0 aliphatic rings. The number of thiazole rings is 2. The molecule has 9 heteroatoms. The molecule has 2 aromatic heterocycles. The Bertz CT molecular complexity index is 1120. The number of amides is 1. The van der Waals surface area contributed by atoms with Crippen LogP contribution in [0.4, 0.5) is 5.13 Å². The molecule has 0 atom stereocenters. The molecule has 1 N–H and O–H groups in total. The third kappa shape index (κ3) is 3.71. The number of hydrogen-bond donors (Lipinski definition) is 1. The van der Waals surface area contributed by atoms with Crippen LogP contribution in [-0.4, -0.2) is 35.8 Å². The first-order chi connectivity index (χ1) is 13.2. The van der Waals surface area contributed by atoms with Crippen LogP contribution in [0.2, 0.25) is 0 Å². The molecular weight excluding hydrogens is 402 g/mol. The molecule has 0 unspecified atom stereocenters. The van der Waals surface area contributed by atoms with Crippen LogP contribution in [0.25, 0.3) is 20.4 Å². The standard InChI is InChI=1S/C18H15N3O3S3/c1-23-12-5-3-4-6-13(12)24-9-14(22)21-17-19-10-7-8-11-16(15(10)26-17)27-18(20-11)25-2/h3-8H,9H2,1-2H3,(H,19,21,22). The number of ether oxygens (including phenoxy) is 2. The Morgan fingerprint density at radius 3 is 2.52 bits per heavy atom. The smallest absolute Gasteiger partial charge is 0.264 e. The molecule has 6 nitrogen and oxygen atoms in total. The Morgan fingerprint density at radius 1 is 1.07 bits per heavy atom. The molecule has 0 aliphatic heterocycles. The van der Waals surface area contributed by atoms with Crippen molar-refractivity contribution in [1.29, 1.82) is 0 Å². The highest BCUT2D eigenvalue weighted by atomic mass is 32.2. The third-order valence-corrected chi connectivity index (χ3v) is 6.95. The number of fused-ring (bicyclic) bond motifs is 3. The van der Waals surface area contributed by atoms with E-state index < -0.39 is 0 Å². The van der Waals surface area contributed by atoms with Crippen molar-refractivity contribution in [2.45, 2.75) is 4.34 Å². The topological polar surface area (TPSA) is 73.3 Å². The van der Waals surface area contributed by atoms with E-state index in [2.05, 4.69) is 15.3 Å². The number of thioether (sulfide) groups is 1. The number of hydrogen-bond acceptors (Lipinski definition) is 8. The lowest BCUT2D eigenvalue weighted by molar-refractivity contribution is -0.118. The van der Waals surface area contributed by atoms with E-state index in [1.165, 1.54) is 11.3 Å². The number of carbonyl (C=O) groups is 1. The van der Waals surface area contributed by atoms with Crippen molar-refractivity contribution in [1.82, 2.24) is 9.97 Å². The summed E-state index contributed by atoms with van der Waals surface area (Å²) in [7, 11) is 1.56. The van der Waals surface area contributed by atoms with Gasteiger partial charge in [0, 0.05) is 0 Å². The van der Waals surface area contributed by atoms with Crippen LogP contribution < -0.4 is 14.8 Å². The van der Waals surface area contributed by atoms with Crippen molar-refractivity contribution in [3.63, 3.8) is 0 Å². The molecule has 1 amide bonds. The summed E-state index contributed by atoms with van der Waals surface area (Å²) in [6, 6.07) is 11.1. The lowest BCUT2D eigenvalue weighted by Gasteiger charge is -2.09. The molecule has 0 saturated carbocycles. The molecule has 0 saturated heterocycles. The Balaban J connectivity index is 1.50. The average molecular weight is 418 g/mol. The summed E-state index contributed by atoms with van der Waals surface area (Å²) in [4.78, 5) is 21.3. The van der Waals surface area contributed by atoms with Crippen LogP contribution in [0.15, 0.2) is 40.7 Å². The minimum atomic E-state index is -0.273. The van der Waals surface area contributed by atoms with Gasteiger partial charge in [0.15, 0.2) is 27.6 Å². The summed E-state index contributed by atoms with van der Waals surface area (Å²) in [5.74, 6) is 0.836. The van der Waals surface area contributed by atoms with Crippen LogP contribution in [0.3, 0.4) is 0 Å². The minimum Gasteiger partial charge on any atom is -0.493 e. The molecule has 0 radical (unpaired) electrons. The van der Waals surface area contributed by atoms with Crippen molar-refractivity contribution >= 4 is 65.9 Å². The summed E-state index contributed by atoms with van der Waals surface area (Å²) in [6.07, 6.45) is 2.01. The van der Waals surface area contributed by atoms with Gasteiger partial charge in [0.1, 0.15) is 0 Å². The highest BCUT2D eigenvalue weighted by Crippen LogP contribution is 2.38. The first-order valence-electron chi connectivity index (χ1n) is 7.97. The fraction of sp³-hybridized carbons (Fsp3) is 0.167. The van der Waals surface area contributed by atoms with Gasteiger partial charge in [-0.2, -0.15) is 0 Å². The Hall–Kier alpha value is -2.36. The second kappa shape index (κ2) is 7.71. The monoisotopic (exact) mass is 417 g/mol. The molecule has 4 rings (SSSR count). The zero-order valence-electron chi connectivity index (χ0n) is 14.5. The van der Waals surface area contributed by atoms with Gasteiger partial charge in [-0.15, -0.1) is 11.3 Å². The van der Waals surface area contributed by atoms with Gasteiger partial charge in [0.25, 0.3) is 5.91 Å². The van der Waals surface area contributed by atoms with E-state index in [1.54, 1.807) is 42.3 Å². The van der Waals surface area contributed by atoms with Crippen molar-refractivity contribution in [2.75, 3.05) is 25.3 Å². The van der Waals surface area contributed by atoms with Crippen LogP contribution in [0.5, 0.6) is 11.5 Å². The highest BCUT2D eigenvalue weighted by Gasteiger charge is 2.14. The van der Waals surface area contributed by atoms with E-state index in [0.717, 1.165) is 24.8 Å². The Kier molecular flexibility index (Phi) is 5.15. The minimum absolute atomic E-state index is 0.122. The summed E-state index contributed by atoms with van der Waals surface area (Å²) < 4.78 is 13.9. The van der Waals surface area contributed by atoms with E-state index in [1.807, 2.05) is 30.5 Å². The normalized spacial score (nSPS) is 11.0. The van der Waals surface area contributed by atoms with Crippen molar-refractivity contribution in [2.24, 2.45) is 0 Å². The van der Waals surface area contributed by atoms with E-state index >= 15 is 0 Å². The molecular formula is C18H15N3O3S3. The number of methoxy groups -OCH3 is 1. The van der Waals surface area contributed by atoms with E-state index in [9.17, 15) is 4.79 Å². The van der Waals surface area contributed by atoms with E-state index in [-0.39, 0.29) is 12.5 Å². The molecule has 138 valence electrons. The maximum Gasteiger partial charge on any atom is 0.264 e. The second-order valence-corrected chi connectivity index (χ2v) is 8.50. The maximum absolute atomic E-state index is 12.3. The zero-order chi connectivity index (χ0) is 18.8. The summed E-state index contributed by atoms with van der Waals surface area (Å²) in [5.41, 5.74) is 1.81. The Labute approximate surface area is 167 Å². The first-order valence-corrected chi connectivity index (χ1v) is 10.8. The van der Waals surface area contributed by atoms with Crippen molar-refractivity contribution in [3.8, 4) is 11.5 Å². The largest absolute Gasteiger partial charge is 0.493 e. The van der Waals surface area contributed by atoms with Gasteiger partial charge >= 0.3 is 0 Å². The number of carbonyl (C=O) groups excluding carboxylic acids is 1. The summed E-state index contributed by atoms with van der Waals surface area (Å²) in [5, 5.41) is 3.35. The quantitative estimate of drug-likeness (QED) is 0.460. The van der Waals surface area contributed by atoms with E-state index in [4.69, 9.17) is 9.47 Å². The molecule has 0 spiro atoms. The number of benzene rings is 2. The van der Waals surface area contributed by atoms with Gasteiger partial charge in [-0.1, -0.05) is 35.2 Å². The number of nitrogens with zero attached hydrogens (tertiary/aromatic N) is 2. The molecule has 0 fully saturated rings. The second-order valence-electron chi connectivity index (χ2n) is 5.45. The van der Waals surface area contributed by atoms with E-state index in [0.29, 0.717) is 16.6 Å². The molecule has 27 heavy (non-hydrogen) atoms. The average Bonchev–Trinajstić information content (AvgIpc) is 3.29. The number of aromatic nitrogens is 2. The maximum atomic E-state index is 12.3. The predicted octanol–water partition coefficient (Wildman–Crippen LogP) is 4.65. The Morgan fingerprint density at radius 2 is 1.78 bits per heavy atom. The lowest BCUT2D eigenvalue weighted by Crippen LogP contribution is -2.20. The van der Waals surface area contributed by atoms with Gasteiger partial charge in [-0.25, -0.2) is 9.97 Å². The highest BCUT2D eigenvalue weighted by molar-refractivity contribution is 8.00. The van der Waals surface area contributed by atoms with Crippen molar-refractivity contribution in [3.05, 3.63) is 36.4 Å². The SMILES string of the molecule is COc1ccccc1OCC(=O)Nc1nc2ccc3nc(SC)sc3c2s1. The van der Waals surface area contributed by atoms with Gasteiger partial charge in [0.2, 0.25) is 0 Å². The van der Waals surface area contributed by atoms with Crippen LogP contribution >= 0.6 is 34.4 Å².